The lowest BCUT2D eigenvalue weighted by atomic mass is 10.2. The van der Waals surface area contributed by atoms with Gasteiger partial charge in [0.2, 0.25) is 5.95 Å². The number of carboxylic acid groups (broad SMARTS) is 1. The smallest absolute Gasteiger partial charge is 0.407 e. The van der Waals surface area contributed by atoms with Crippen molar-refractivity contribution in [2.45, 2.75) is 0 Å². The van der Waals surface area contributed by atoms with E-state index in [4.69, 9.17) is 16.7 Å². The van der Waals surface area contributed by atoms with E-state index in [1.54, 1.807) is 18.2 Å². The molecule has 0 saturated carbocycles. The van der Waals surface area contributed by atoms with Gasteiger partial charge in [0.15, 0.2) is 0 Å². The number of aromatic nitrogens is 2. The van der Waals surface area contributed by atoms with Crippen molar-refractivity contribution in [3.05, 3.63) is 33.6 Å². The minimum atomic E-state index is -0.927. The molecule has 1 aromatic carbocycles. The van der Waals surface area contributed by atoms with Crippen LogP contribution in [0.1, 0.15) is 0 Å². The second-order valence-corrected chi connectivity index (χ2v) is 5.24. The topological polar surface area (TPSA) is 89.5 Å². The fourth-order valence-electron chi connectivity index (χ4n) is 2.36. The van der Waals surface area contributed by atoms with Gasteiger partial charge in [-0.2, -0.15) is 0 Å². The summed E-state index contributed by atoms with van der Waals surface area (Å²) < 4.78 is 0. The average Bonchev–Trinajstić information content (AvgIpc) is 2.48. The van der Waals surface area contributed by atoms with E-state index in [0.29, 0.717) is 48.1 Å². The molecule has 21 heavy (non-hydrogen) atoms. The van der Waals surface area contributed by atoms with E-state index in [9.17, 15) is 9.59 Å². The molecule has 1 aromatic heterocycles. The Morgan fingerprint density at radius 2 is 2.00 bits per heavy atom. The van der Waals surface area contributed by atoms with Gasteiger partial charge in [-0.05, 0) is 18.2 Å². The first-order chi connectivity index (χ1) is 10.0. The molecule has 0 radical (unpaired) electrons. The van der Waals surface area contributed by atoms with E-state index in [0.717, 1.165) is 0 Å². The minimum absolute atomic E-state index is 0.252. The quantitative estimate of drug-likeness (QED) is 0.830. The van der Waals surface area contributed by atoms with Crippen molar-refractivity contribution in [2.24, 2.45) is 0 Å². The summed E-state index contributed by atoms with van der Waals surface area (Å²) in [6.07, 6.45) is -0.927. The molecule has 1 saturated heterocycles. The van der Waals surface area contributed by atoms with E-state index < -0.39 is 6.09 Å². The van der Waals surface area contributed by atoms with Gasteiger partial charge in [-0.25, -0.2) is 9.78 Å². The predicted molar refractivity (Wildman–Crippen MR) is 79.2 cm³/mol. The number of piperazine rings is 1. The molecule has 2 aromatic rings. The number of hydrogen-bond donors (Lipinski definition) is 2. The number of fused-ring (bicyclic) bond motifs is 1. The largest absolute Gasteiger partial charge is 0.465 e. The van der Waals surface area contributed by atoms with Crippen LogP contribution in [-0.2, 0) is 0 Å². The molecule has 7 nitrogen and oxygen atoms in total. The summed E-state index contributed by atoms with van der Waals surface area (Å²) in [5.74, 6) is 0.458. The predicted octanol–water partition coefficient (Wildman–Crippen LogP) is 1.38. The SMILES string of the molecule is O=C(O)N1CCN(c2nc3ccc(Cl)cc3c(=O)[nH]2)CC1. The van der Waals surface area contributed by atoms with Crippen molar-refractivity contribution in [1.82, 2.24) is 14.9 Å². The Labute approximate surface area is 124 Å². The molecular formula is C13H13ClN4O3. The molecule has 1 fully saturated rings. The second-order valence-electron chi connectivity index (χ2n) is 4.81. The van der Waals surface area contributed by atoms with Gasteiger partial charge >= 0.3 is 6.09 Å². The molecule has 0 unspecified atom stereocenters. The number of nitrogens with one attached hydrogen (secondary N) is 1. The Balaban J connectivity index is 1.90. The maximum atomic E-state index is 12.1. The lowest BCUT2D eigenvalue weighted by Gasteiger charge is -2.33. The first-order valence-corrected chi connectivity index (χ1v) is 6.85. The number of anilines is 1. The highest BCUT2D eigenvalue weighted by Crippen LogP contribution is 2.17. The zero-order valence-corrected chi connectivity index (χ0v) is 11.8. The van der Waals surface area contributed by atoms with Gasteiger partial charge in [0, 0.05) is 31.2 Å². The van der Waals surface area contributed by atoms with Crippen LogP contribution < -0.4 is 10.5 Å². The number of carbonyl (C=O) groups is 1. The molecule has 2 N–H and O–H groups in total. The van der Waals surface area contributed by atoms with Crippen molar-refractivity contribution in [1.29, 1.82) is 0 Å². The van der Waals surface area contributed by atoms with Gasteiger partial charge in [0.25, 0.3) is 5.56 Å². The average molecular weight is 309 g/mol. The van der Waals surface area contributed by atoms with Crippen LogP contribution in [0.4, 0.5) is 10.7 Å². The summed E-state index contributed by atoms with van der Waals surface area (Å²) in [5.41, 5.74) is 0.317. The first-order valence-electron chi connectivity index (χ1n) is 6.47. The number of nitrogens with zero attached hydrogens (tertiary/aromatic N) is 3. The van der Waals surface area contributed by atoms with E-state index >= 15 is 0 Å². The van der Waals surface area contributed by atoms with Crippen molar-refractivity contribution in [3.63, 3.8) is 0 Å². The van der Waals surface area contributed by atoms with E-state index in [1.807, 2.05) is 4.90 Å². The first kappa shape index (κ1) is 13.7. The third kappa shape index (κ3) is 2.64. The monoisotopic (exact) mass is 308 g/mol. The van der Waals surface area contributed by atoms with Gasteiger partial charge in [-0.1, -0.05) is 11.6 Å². The van der Waals surface area contributed by atoms with Crippen molar-refractivity contribution < 1.29 is 9.90 Å². The van der Waals surface area contributed by atoms with Crippen LogP contribution in [0.15, 0.2) is 23.0 Å². The zero-order valence-electron chi connectivity index (χ0n) is 11.0. The molecule has 1 aliphatic rings. The van der Waals surface area contributed by atoms with Crippen LogP contribution in [0.2, 0.25) is 5.02 Å². The summed E-state index contributed by atoms with van der Waals surface area (Å²) in [5, 5.41) is 9.85. The highest BCUT2D eigenvalue weighted by Gasteiger charge is 2.22. The number of H-pyrrole nitrogens is 1. The summed E-state index contributed by atoms with van der Waals surface area (Å²) in [7, 11) is 0. The Bertz CT molecular complexity index is 753. The molecule has 3 rings (SSSR count). The molecule has 1 amide bonds. The summed E-state index contributed by atoms with van der Waals surface area (Å²) >= 11 is 5.87. The molecule has 8 heteroatoms. The van der Waals surface area contributed by atoms with Crippen LogP contribution in [-0.4, -0.2) is 52.2 Å². The molecule has 0 atom stereocenters. The lowest BCUT2D eigenvalue weighted by molar-refractivity contribution is 0.142. The lowest BCUT2D eigenvalue weighted by Crippen LogP contribution is -2.49. The van der Waals surface area contributed by atoms with E-state index in [2.05, 4.69) is 9.97 Å². The third-order valence-electron chi connectivity index (χ3n) is 3.50. The summed E-state index contributed by atoms with van der Waals surface area (Å²) in [6, 6.07) is 4.96. The van der Waals surface area contributed by atoms with Crippen LogP contribution >= 0.6 is 11.6 Å². The second kappa shape index (κ2) is 5.25. The number of amides is 1. The number of benzene rings is 1. The number of aromatic amines is 1. The number of hydrogen-bond acceptors (Lipinski definition) is 4. The van der Waals surface area contributed by atoms with E-state index in [1.165, 1.54) is 4.90 Å². The van der Waals surface area contributed by atoms with Crippen LogP contribution in [0, 0.1) is 0 Å². The Hall–Kier alpha value is -2.28. The normalized spacial score (nSPS) is 15.5. The molecular weight excluding hydrogens is 296 g/mol. The van der Waals surface area contributed by atoms with Crippen molar-refractivity contribution in [3.8, 4) is 0 Å². The van der Waals surface area contributed by atoms with Gasteiger partial charge in [-0.15, -0.1) is 0 Å². The van der Waals surface area contributed by atoms with Gasteiger partial charge < -0.3 is 14.9 Å². The molecule has 0 spiro atoms. The molecule has 2 heterocycles. The molecule has 0 aliphatic carbocycles. The van der Waals surface area contributed by atoms with Crippen LogP contribution in [0.5, 0.6) is 0 Å². The van der Waals surface area contributed by atoms with Crippen molar-refractivity contribution >= 4 is 34.5 Å². The van der Waals surface area contributed by atoms with Crippen LogP contribution in [0.3, 0.4) is 0 Å². The zero-order chi connectivity index (χ0) is 15.0. The van der Waals surface area contributed by atoms with Gasteiger partial charge in [0.1, 0.15) is 0 Å². The fraction of sp³-hybridized carbons (Fsp3) is 0.308. The van der Waals surface area contributed by atoms with Crippen LogP contribution in [0.25, 0.3) is 10.9 Å². The standard InChI is InChI=1S/C13H13ClN4O3/c14-8-1-2-10-9(7-8)11(19)16-12(15-10)17-3-5-18(6-4-17)13(20)21/h1-2,7H,3-6H2,(H,20,21)(H,15,16,19). The maximum Gasteiger partial charge on any atom is 0.407 e. The van der Waals surface area contributed by atoms with E-state index in [-0.39, 0.29) is 5.56 Å². The Morgan fingerprint density at radius 3 is 2.67 bits per heavy atom. The molecule has 0 bridgehead atoms. The highest BCUT2D eigenvalue weighted by atomic mass is 35.5. The number of halogens is 1. The Kier molecular flexibility index (Phi) is 3.42. The third-order valence-corrected chi connectivity index (χ3v) is 3.74. The molecule has 1 aliphatic heterocycles. The maximum absolute atomic E-state index is 12.1. The molecule has 110 valence electrons. The van der Waals surface area contributed by atoms with Gasteiger partial charge in [-0.3, -0.25) is 9.78 Å². The fourth-order valence-corrected chi connectivity index (χ4v) is 2.53. The minimum Gasteiger partial charge on any atom is -0.465 e. The Morgan fingerprint density at radius 1 is 1.29 bits per heavy atom. The number of rotatable bonds is 1. The highest BCUT2D eigenvalue weighted by molar-refractivity contribution is 6.31. The summed E-state index contributed by atoms with van der Waals surface area (Å²) in [4.78, 5) is 33.3. The van der Waals surface area contributed by atoms with Crippen molar-refractivity contribution in [2.75, 3.05) is 31.1 Å². The summed E-state index contributed by atoms with van der Waals surface area (Å²) in [6.45, 7) is 1.76. The van der Waals surface area contributed by atoms with Gasteiger partial charge in [0.05, 0.1) is 10.9 Å².